The van der Waals surface area contributed by atoms with Crippen LogP contribution in [0.2, 0.25) is 0 Å². The zero-order valence-corrected chi connectivity index (χ0v) is 16.0. The van der Waals surface area contributed by atoms with Gasteiger partial charge in [-0.1, -0.05) is 37.3 Å². The highest BCUT2D eigenvalue weighted by atomic mass is 32.1. The standard InChI is InChI=1S/C21H22N2O3S/c1-12-7-8-14-15(11-12)27-21-16(14)18(24)17(20(26)23-21)19(25)22-10-9-13-5-3-2-4-6-13/h2-6,12H,7-11H2,1H3,(H,22,25)(H2,23,24,26)/t12-/m1/s1. The van der Waals surface area contributed by atoms with Crippen LogP contribution in [0.3, 0.4) is 0 Å². The fourth-order valence-corrected chi connectivity index (χ4v) is 5.16. The van der Waals surface area contributed by atoms with E-state index in [4.69, 9.17) is 0 Å². The third kappa shape index (κ3) is 3.37. The van der Waals surface area contributed by atoms with Gasteiger partial charge in [0.2, 0.25) is 0 Å². The van der Waals surface area contributed by atoms with E-state index in [1.54, 1.807) is 0 Å². The molecule has 0 fully saturated rings. The molecule has 0 saturated carbocycles. The van der Waals surface area contributed by atoms with Crippen molar-refractivity contribution in [3.8, 4) is 5.75 Å². The molecule has 2 heterocycles. The Balaban J connectivity index is 1.61. The van der Waals surface area contributed by atoms with Gasteiger partial charge < -0.3 is 15.4 Å². The second-order valence-electron chi connectivity index (χ2n) is 7.23. The van der Waals surface area contributed by atoms with Crippen molar-refractivity contribution in [2.45, 2.75) is 32.6 Å². The lowest BCUT2D eigenvalue weighted by molar-refractivity contribution is 0.0950. The number of nitrogens with one attached hydrogen (secondary N) is 2. The van der Waals surface area contributed by atoms with Gasteiger partial charge in [0.05, 0.1) is 5.39 Å². The van der Waals surface area contributed by atoms with Gasteiger partial charge in [0.15, 0.2) is 0 Å². The lowest BCUT2D eigenvalue weighted by Gasteiger charge is -2.18. The minimum absolute atomic E-state index is 0.182. The van der Waals surface area contributed by atoms with Crippen LogP contribution in [0.5, 0.6) is 5.75 Å². The topological polar surface area (TPSA) is 82.2 Å². The largest absolute Gasteiger partial charge is 0.506 e. The normalized spacial score (nSPS) is 16.3. The number of hydrogen-bond donors (Lipinski definition) is 3. The lowest BCUT2D eigenvalue weighted by Crippen LogP contribution is -2.31. The van der Waals surface area contributed by atoms with Crippen LogP contribution in [0.15, 0.2) is 35.1 Å². The molecule has 0 radical (unpaired) electrons. The second-order valence-corrected chi connectivity index (χ2v) is 8.33. The number of pyridine rings is 1. The highest BCUT2D eigenvalue weighted by molar-refractivity contribution is 7.18. The number of thiophene rings is 1. The number of carbonyl (C=O) groups excluding carboxylic acids is 1. The van der Waals surface area contributed by atoms with Crippen molar-refractivity contribution in [3.05, 3.63) is 62.3 Å². The van der Waals surface area contributed by atoms with E-state index in [-0.39, 0.29) is 11.3 Å². The van der Waals surface area contributed by atoms with Crippen molar-refractivity contribution in [2.24, 2.45) is 5.92 Å². The van der Waals surface area contributed by atoms with Crippen LogP contribution in [0.25, 0.3) is 10.2 Å². The molecule has 5 nitrogen and oxygen atoms in total. The number of aromatic nitrogens is 1. The number of amides is 1. The van der Waals surface area contributed by atoms with Crippen LogP contribution in [-0.4, -0.2) is 22.5 Å². The minimum Gasteiger partial charge on any atom is -0.506 e. The van der Waals surface area contributed by atoms with Gasteiger partial charge >= 0.3 is 0 Å². The van der Waals surface area contributed by atoms with Crippen LogP contribution in [0, 0.1) is 5.92 Å². The van der Waals surface area contributed by atoms with E-state index in [0.29, 0.717) is 29.1 Å². The van der Waals surface area contributed by atoms with E-state index in [1.807, 2.05) is 30.3 Å². The zero-order chi connectivity index (χ0) is 19.0. The van der Waals surface area contributed by atoms with Crippen molar-refractivity contribution >= 4 is 27.5 Å². The van der Waals surface area contributed by atoms with Crippen molar-refractivity contribution in [2.75, 3.05) is 6.54 Å². The maximum atomic E-state index is 12.6. The maximum absolute atomic E-state index is 12.6. The molecule has 0 unspecified atom stereocenters. The van der Waals surface area contributed by atoms with Gasteiger partial charge in [0.25, 0.3) is 11.5 Å². The summed E-state index contributed by atoms with van der Waals surface area (Å²) in [4.78, 5) is 29.7. The Hall–Kier alpha value is -2.60. The van der Waals surface area contributed by atoms with Crippen molar-refractivity contribution in [1.29, 1.82) is 0 Å². The molecule has 0 aliphatic heterocycles. The zero-order valence-electron chi connectivity index (χ0n) is 15.2. The smallest absolute Gasteiger partial charge is 0.265 e. The molecule has 0 saturated heterocycles. The van der Waals surface area contributed by atoms with Crippen LogP contribution in [0.1, 0.15) is 39.7 Å². The number of H-pyrrole nitrogens is 1. The summed E-state index contributed by atoms with van der Waals surface area (Å²) >= 11 is 1.52. The number of hydrogen-bond acceptors (Lipinski definition) is 4. The summed E-state index contributed by atoms with van der Waals surface area (Å²) in [7, 11) is 0. The highest BCUT2D eigenvalue weighted by Crippen LogP contribution is 2.41. The molecule has 3 N–H and O–H groups in total. The number of benzene rings is 1. The van der Waals surface area contributed by atoms with Crippen molar-refractivity contribution in [3.63, 3.8) is 0 Å². The van der Waals surface area contributed by atoms with E-state index in [9.17, 15) is 14.7 Å². The number of rotatable bonds is 4. The lowest BCUT2D eigenvalue weighted by atomic mass is 9.89. The van der Waals surface area contributed by atoms with Gasteiger partial charge in [-0.3, -0.25) is 9.59 Å². The Morgan fingerprint density at radius 2 is 2.11 bits per heavy atom. The van der Waals surface area contributed by atoms with Gasteiger partial charge in [-0.2, -0.15) is 0 Å². The average molecular weight is 382 g/mol. The Labute approximate surface area is 161 Å². The summed E-state index contributed by atoms with van der Waals surface area (Å²) in [5, 5.41) is 14.2. The fraction of sp³-hybridized carbons (Fsp3) is 0.333. The Morgan fingerprint density at radius 3 is 2.89 bits per heavy atom. The third-order valence-corrected chi connectivity index (χ3v) is 6.38. The summed E-state index contributed by atoms with van der Waals surface area (Å²) in [6.45, 7) is 2.61. The predicted molar refractivity (Wildman–Crippen MR) is 108 cm³/mol. The molecule has 27 heavy (non-hydrogen) atoms. The summed E-state index contributed by atoms with van der Waals surface area (Å²) < 4.78 is 0. The summed E-state index contributed by atoms with van der Waals surface area (Å²) in [5.74, 6) is -0.117. The second kappa shape index (κ2) is 7.19. The summed E-state index contributed by atoms with van der Waals surface area (Å²) in [6.07, 6.45) is 3.54. The molecule has 1 aromatic carbocycles. The van der Waals surface area contributed by atoms with E-state index < -0.39 is 11.5 Å². The molecule has 1 atom stereocenters. The number of fused-ring (bicyclic) bond motifs is 3. The van der Waals surface area contributed by atoms with Crippen molar-refractivity contribution < 1.29 is 9.90 Å². The van der Waals surface area contributed by atoms with Gasteiger partial charge in [-0.05, 0) is 42.7 Å². The first kappa shape index (κ1) is 17.8. The van der Waals surface area contributed by atoms with Crippen LogP contribution in [0.4, 0.5) is 0 Å². The van der Waals surface area contributed by atoms with Gasteiger partial charge in [-0.25, -0.2) is 0 Å². The van der Waals surface area contributed by atoms with Crippen LogP contribution < -0.4 is 10.9 Å². The minimum atomic E-state index is -0.538. The summed E-state index contributed by atoms with van der Waals surface area (Å²) in [6, 6.07) is 9.81. The molecule has 3 aromatic rings. The van der Waals surface area contributed by atoms with Crippen molar-refractivity contribution in [1.82, 2.24) is 10.3 Å². The van der Waals surface area contributed by atoms with E-state index in [1.165, 1.54) is 16.2 Å². The van der Waals surface area contributed by atoms with Gasteiger partial charge in [0.1, 0.15) is 16.1 Å². The first-order valence-corrected chi connectivity index (χ1v) is 10.1. The predicted octanol–water partition coefficient (Wildman–Crippen LogP) is 3.39. The van der Waals surface area contributed by atoms with Crippen LogP contribution >= 0.6 is 11.3 Å². The first-order valence-electron chi connectivity index (χ1n) is 9.26. The molecule has 2 aromatic heterocycles. The monoisotopic (exact) mass is 382 g/mol. The third-order valence-electron chi connectivity index (χ3n) is 5.21. The van der Waals surface area contributed by atoms with Crippen LogP contribution in [-0.2, 0) is 19.3 Å². The molecule has 1 amide bonds. The van der Waals surface area contributed by atoms with Gasteiger partial charge in [0, 0.05) is 11.4 Å². The molecule has 0 spiro atoms. The van der Waals surface area contributed by atoms with E-state index >= 15 is 0 Å². The summed E-state index contributed by atoms with van der Waals surface area (Å²) in [5.41, 5.74) is 1.46. The van der Waals surface area contributed by atoms with E-state index in [0.717, 1.165) is 30.4 Å². The molecule has 1 aliphatic rings. The maximum Gasteiger partial charge on any atom is 0.265 e. The molecule has 1 aliphatic carbocycles. The number of aromatic amines is 1. The molecule has 0 bridgehead atoms. The fourth-order valence-electron chi connectivity index (χ4n) is 3.75. The molecular weight excluding hydrogens is 360 g/mol. The van der Waals surface area contributed by atoms with E-state index in [2.05, 4.69) is 17.2 Å². The number of aromatic hydroxyl groups is 1. The quantitative estimate of drug-likeness (QED) is 0.647. The van der Waals surface area contributed by atoms with Gasteiger partial charge in [-0.15, -0.1) is 11.3 Å². The Kier molecular flexibility index (Phi) is 4.74. The number of carbonyl (C=O) groups is 1. The molecule has 140 valence electrons. The molecule has 6 heteroatoms. The highest BCUT2D eigenvalue weighted by Gasteiger charge is 2.26. The Morgan fingerprint density at radius 1 is 1.33 bits per heavy atom. The molecule has 4 rings (SSSR count). The number of aryl methyl sites for hydroxylation is 1. The molecular formula is C21H22N2O3S. The first-order chi connectivity index (χ1) is 13.0. The SMILES string of the molecule is C[C@@H]1CCc2c(sc3[nH]c(=O)c(C(=O)NCCc4ccccc4)c(O)c23)C1. The average Bonchev–Trinajstić information content (AvgIpc) is 2.99. The Bertz CT molecular complexity index is 1050.